The van der Waals surface area contributed by atoms with Gasteiger partial charge in [-0.2, -0.15) is 5.10 Å². The summed E-state index contributed by atoms with van der Waals surface area (Å²) in [4.78, 5) is 22.9. The predicted molar refractivity (Wildman–Crippen MR) is 156 cm³/mol. The summed E-state index contributed by atoms with van der Waals surface area (Å²) in [6.07, 6.45) is 6.63. The Morgan fingerprint density at radius 2 is 1.89 bits per heavy atom. The Morgan fingerprint density at radius 3 is 2.68 bits per heavy atom. The molecule has 0 radical (unpaired) electrons. The van der Waals surface area contributed by atoms with Crippen LogP contribution in [0.3, 0.4) is 0 Å². The minimum atomic E-state index is -0.00804. The zero-order chi connectivity index (χ0) is 26.2. The summed E-state index contributed by atoms with van der Waals surface area (Å²) in [5.41, 5.74) is 4.80. The van der Waals surface area contributed by atoms with Crippen LogP contribution >= 0.6 is 11.8 Å². The van der Waals surface area contributed by atoms with Crippen LogP contribution in [-0.2, 0) is 6.54 Å². The number of nitrogens with zero attached hydrogens (tertiary/aromatic N) is 4. The molecule has 0 bridgehead atoms. The fourth-order valence-corrected chi connectivity index (χ4v) is 5.36. The van der Waals surface area contributed by atoms with E-state index < -0.39 is 0 Å². The summed E-state index contributed by atoms with van der Waals surface area (Å²) < 4.78 is 0. The van der Waals surface area contributed by atoms with Gasteiger partial charge < -0.3 is 10.2 Å². The summed E-state index contributed by atoms with van der Waals surface area (Å²) in [5.74, 6) is 0.919. The Bertz CT molecular complexity index is 1360. The number of H-pyrrole nitrogens is 1. The number of benzene rings is 2. The summed E-state index contributed by atoms with van der Waals surface area (Å²) in [6.45, 7) is 6.02. The van der Waals surface area contributed by atoms with E-state index in [-0.39, 0.29) is 5.91 Å². The first kappa shape index (κ1) is 26.2. The third kappa shape index (κ3) is 7.10. The van der Waals surface area contributed by atoms with Crippen molar-refractivity contribution in [2.45, 2.75) is 17.9 Å². The van der Waals surface area contributed by atoms with Gasteiger partial charge in [-0.15, -0.1) is 11.8 Å². The summed E-state index contributed by atoms with van der Waals surface area (Å²) in [5, 5.41) is 11.7. The van der Waals surface area contributed by atoms with E-state index >= 15 is 0 Å². The quantitative estimate of drug-likeness (QED) is 0.229. The Labute approximate surface area is 228 Å². The average molecular weight is 527 g/mol. The molecule has 4 aromatic rings. The molecule has 0 atom stereocenters. The number of likely N-dealkylation sites (N-methyl/N-ethyl adjacent to an activating group) is 1. The first-order valence-corrected chi connectivity index (χ1v) is 14.1. The third-order valence-corrected chi connectivity index (χ3v) is 7.84. The van der Waals surface area contributed by atoms with Gasteiger partial charge in [0.15, 0.2) is 0 Å². The van der Waals surface area contributed by atoms with Crippen LogP contribution in [0.25, 0.3) is 23.1 Å². The van der Waals surface area contributed by atoms with Crippen LogP contribution in [0, 0.1) is 0 Å². The molecular formula is C30H34N6OS. The van der Waals surface area contributed by atoms with Gasteiger partial charge in [-0.1, -0.05) is 18.2 Å². The molecule has 0 saturated carbocycles. The second-order valence-electron chi connectivity index (χ2n) is 9.64. The number of hydrogen-bond donors (Lipinski definition) is 2. The van der Waals surface area contributed by atoms with Gasteiger partial charge in [-0.25, -0.2) is 0 Å². The highest BCUT2D eigenvalue weighted by Gasteiger charge is 2.14. The van der Waals surface area contributed by atoms with Gasteiger partial charge in [-0.3, -0.25) is 19.8 Å². The minimum Gasteiger partial charge on any atom is -0.352 e. The molecule has 8 heteroatoms. The third-order valence-electron chi connectivity index (χ3n) is 6.76. The molecule has 2 N–H and O–H groups in total. The molecule has 1 aliphatic rings. The molecule has 0 aliphatic carbocycles. The molecular weight excluding hydrogens is 492 g/mol. The van der Waals surface area contributed by atoms with Gasteiger partial charge >= 0.3 is 0 Å². The normalized spacial score (nSPS) is 14.9. The highest BCUT2D eigenvalue weighted by Crippen LogP contribution is 2.25. The lowest BCUT2D eigenvalue weighted by Crippen LogP contribution is -2.43. The Hall–Kier alpha value is -3.46. The van der Waals surface area contributed by atoms with Gasteiger partial charge in [0.1, 0.15) is 0 Å². The van der Waals surface area contributed by atoms with Gasteiger partial charge in [0.2, 0.25) is 0 Å². The second-order valence-corrected chi connectivity index (χ2v) is 10.8. The lowest BCUT2D eigenvalue weighted by Gasteiger charge is -2.32. The van der Waals surface area contributed by atoms with Crippen molar-refractivity contribution in [2.24, 2.45) is 0 Å². The van der Waals surface area contributed by atoms with Crippen molar-refractivity contribution >= 4 is 40.7 Å². The standard InChI is InChI=1S/C30H34N6OS/c1-35-16-18-36(19-17-35)22-23-6-8-24(9-7-23)30(37)32-15-4-20-38-26-11-12-27-28(33-34-29(27)21-26)13-10-25-5-2-3-14-31-25/h2-3,5-14,21H,4,15-20,22H2,1H3,(H,32,37)(H,33,34)/b13-10+. The lowest BCUT2D eigenvalue weighted by atomic mass is 10.1. The summed E-state index contributed by atoms with van der Waals surface area (Å²) >= 11 is 1.79. The van der Waals surface area contributed by atoms with E-state index in [0.29, 0.717) is 6.54 Å². The Kier molecular flexibility index (Phi) is 8.86. The van der Waals surface area contributed by atoms with Crippen LogP contribution in [0.1, 0.15) is 33.7 Å². The van der Waals surface area contributed by atoms with Gasteiger partial charge in [0.25, 0.3) is 5.91 Å². The maximum Gasteiger partial charge on any atom is 0.251 e. The molecule has 38 heavy (non-hydrogen) atoms. The van der Waals surface area contributed by atoms with E-state index in [1.165, 1.54) is 10.5 Å². The maximum atomic E-state index is 12.6. The van der Waals surface area contributed by atoms with Crippen molar-refractivity contribution in [2.75, 3.05) is 45.5 Å². The molecule has 1 fully saturated rings. The molecule has 0 spiro atoms. The number of hydrogen-bond acceptors (Lipinski definition) is 6. The lowest BCUT2D eigenvalue weighted by molar-refractivity contribution is 0.0953. The SMILES string of the molecule is CN1CCN(Cc2ccc(C(=O)NCCCSc3ccc4c(/C=C/c5ccccn5)n[nH]c4c3)cc2)CC1. The predicted octanol–water partition coefficient (Wildman–Crippen LogP) is 4.79. The van der Waals surface area contributed by atoms with Crippen LogP contribution in [0.2, 0.25) is 0 Å². The molecule has 2 aromatic carbocycles. The fraction of sp³-hybridized carbons (Fsp3) is 0.300. The number of amides is 1. The van der Waals surface area contributed by atoms with Crippen molar-refractivity contribution in [1.29, 1.82) is 0 Å². The van der Waals surface area contributed by atoms with E-state index in [4.69, 9.17) is 0 Å². The monoisotopic (exact) mass is 526 g/mol. The van der Waals surface area contributed by atoms with Crippen molar-refractivity contribution in [3.63, 3.8) is 0 Å². The molecule has 3 heterocycles. The van der Waals surface area contributed by atoms with Crippen LogP contribution in [0.5, 0.6) is 0 Å². The smallest absolute Gasteiger partial charge is 0.251 e. The van der Waals surface area contributed by atoms with Gasteiger partial charge in [-0.05, 0) is 79.4 Å². The number of carbonyl (C=O) groups is 1. The van der Waals surface area contributed by atoms with Gasteiger partial charge in [0.05, 0.1) is 16.9 Å². The first-order valence-electron chi connectivity index (χ1n) is 13.1. The summed E-state index contributed by atoms with van der Waals surface area (Å²) in [7, 11) is 2.17. The highest BCUT2D eigenvalue weighted by molar-refractivity contribution is 7.99. The van der Waals surface area contributed by atoms with E-state index in [1.807, 2.05) is 42.5 Å². The molecule has 7 nitrogen and oxygen atoms in total. The van der Waals surface area contributed by atoms with E-state index in [1.54, 1.807) is 18.0 Å². The number of rotatable bonds is 10. The molecule has 196 valence electrons. The first-order chi connectivity index (χ1) is 18.6. The van der Waals surface area contributed by atoms with Crippen LogP contribution in [0.4, 0.5) is 0 Å². The van der Waals surface area contributed by atoms with Crippen molar-refractivity contribution in [1.82, 2.24) is 30.3 Å². The molecule has 5 rings (SSSR count). The summed E-state index contributed by atoms with van der Waals surface area (Å²) in [6, 6.07) is 20.2. The van der Waals surface area contributed by atoms with Crippen molar-refractivity contribution in [3.05, 3.63) is 89.4 Å². The molecule has 0 unspecified atom stereocenters. The molecule has 2 aromatic heterocycles. The average Bonchev–Trinajstić information content (AvgIpc) is 3.36. The van der Waals surface area contributed by atoms with E-state index in [0.717, 1.165) is 72.8 Å². The van der Waals surface area contributed by atoms with Crippen LogP contribution < -0.4 is 5.32 Å². The van der Waals surface area contributed by atoms with E-state index in [2.05, 4.69) is 67.7 Å². The maximum absolute atomic E-state index is 12.6. The molecule has 1 amide bonds. The number of aromatic nitrogens is 3. The number of aromatic amines is 1. The van der Waals surface area contributed by atoms with Crippen molar-refractivity contribution < 1.29 is 4.79 Å². The van der Waals surface area contributed by atoms with E-state index in [9.17, 15) is 4.79 Å². The number of nitrogens with one attached hydrogen (secondary N) is 2. The Balaban J connectivity index is 1.04. The molecule has 1 saturated heterocycles. The van der Waals surface area contributed by atoms with Crippen molar-refractivity contribution in [3.8, 4) is 0 Å². The van der Waals surface area contributed by atoms with Gasteiger partial charge in [0, 0.05) is 61.3 Å². The van der Waals surface area contributed by atoms with Crippen LogP contribution in [-0.4, -0.2) is 76.4 Å². The number of carbonyl (C=O) groups excluding carboxylic acids is 1. The second kappa shape index (κ2) is 12.9. The zero-order valence-corrected chi connectivity index (χ0v) is 22.6. The Morgan fingerprint density at radius 1 is 1.05 bits per heavy atom. The number of piperazine rings is 1. The zero-order valence-electron chi connectivity index (χ0n) is 21.8. The number of pyridine rings is 1. The largest absolute Gasteiger partial charge is 0.352 e. The molecule has 1 aliphatic heterocycles. The minimum absolute atomic E-state index is 0.00804. The number of thioether (sulfide) groups is 1. The van der Waals surface area contributed by atoms with Crippen LogP contribution in [0.15, 0.2) is 71.8 Å². The topological polar surface area (TPSA) is 77.2 Å². The highest BCUT2D eigenvalue weighted by atomic mass is 32.2. The number of fused-ring (bicyclic) bond motifs is 1. The fourth-order valence-electron chi connectivity index (χ4n) is 4.47.